The van der Waals surface area contributed by atoms with Crippen LogP contribution >= 0.6 is 0 Å². The third-order valence-corrected chi connectivity index (χ3v) is 7.74. The number of ether oxygens (including phenoxy) is 1. The molecule has 1 amide bonds. The van der Waals surface area contributed by atoms with Gasteiger partial charge in [-0.25, -0.2) is 8.42 Å². The molecule has 1 N–H and O–H groups in total. The zero-order chi connectivity index (χ0) is 24.3. The molecule has 12 heteroatoms. The highest BCUT2D eigenvalue weighted by molar-refractivity contribution is 7.89. The Balaban J connectivity index is 1.65. The van der Waals surface area contributed by atoms with Gasteiger partial charge in [0.25, 0.3) is 5.91 Å². The number of morpholine rings is 1. The number of carbonyl (C=O) groups excluding carboxylic acids is 1. The van der Waals surface area contributed by atoms with Crippen molar-refractivity contribution in [3.8, 4) is 0 Å². The standard InChI is InChI=1S/C22H25F3N4O4S/c23-22(24,25)16-4-6-18(26-15-16)21(30)27-19-14-17(34(31,32)29-8-2-1-3-9-29)5-7-20(19)28-10-12-33-13-11-28/h4-7,14-15H,1-3,8-13H2,(H,27,30). The Morgan fingerprint density at radius 3 is 2.32 bits per heavy atom. The number of sulfonamides is 1. The molecule has 0 spiro atoms. The van der Waals surface area contributed by atoms with E-state index < -0.39 is 27.7 Å². The van der Waals surface area contributed by atoms with Gasteiger partial charge in [0.1, 0.15) is 5.69 Å². The largest absolute Gasteiger partial charge is 0.417 e. The highest BCUT2D eigenvalue weighted by Gasteiger charge is 2.31. The van der Waals surface area contributed by atoms with Crippen molar-refractivity contribution in [1.82, 2.24) is 9.29 Å². The maximum absolute atomic E-state index is 13.2. The Hall–Kier alpha value is -2.70. The van der Waals surface area contributed by atoms with Gasteiger partial charge < -0.3 is 15.0 Å². The van der Waals surface area contributed by atoms with E-state index in [-0.39, 0.29) is 16.3 Å². The summed E-state index contributed by atoms with van der Waals surface area (Å²) in [7, 11) is -3.76. The monoisotopic (exact) mass is 498 g/mol. The van der Waals surface area contributed by atoms with Gasteiger partial charge in [-0.05, 0) is 43.2 Å². The lowest BCUT2D eigenvalue weighted by Gasteiger charge is -2.31. The van der Waals surface area contributed by atoms with Crippen molar-refractivity contribution in [3.05, 3.63) is 47.8 Å². The first kappa shape index (κ1) is 24.4. The fraction of sp³-hybridized carbons (Fsp3) is 0.455. The van der Waals surface area contributed by atoms with Gasteiger partial charge in [-0.1, -0.05) is 6.42 Å². The number of hydrogen-bond donors (Lipinski definition) is 1. The number of nitrogens with one attached hydrogen (secondary N) is 1. The van der Waals surface area contributed by atoms with Crippen LogP contribution < -0.4 is 10.2 Å². The van der Waals surface area contributed by atoms with E-state index in [4.69, 9.17) is 4.74 Å². The first-order valence-electron chi connectivity index (χ1n) is 11.0. The molecule has 1 aromatic carbocycles. The molecule has 2 fully saturated rings. The molecule has 3 heterocycles. The van der Waals surface area contributed by atoms with Crippen LogP contribution in [0.15, 0.2) is 41.4 Å². The summed E-state index contributed by atoms with van der Waals surface area (Å²) >= 11 is 0. The summed E-state index contributed by atoms with van der Waals surface area (Å²) in [5, 5.41) is 2.65. The van der Waals surface area contributed by atoms with Crippen LogP contribution in [0.4, 0.5) is 24.5 Å². The molecule has 2 aliphatic heterocycles. The number of amides is 1. The Kier molecular flexibility index (Phi) is 7.10. The summed E-state index contributed by atoms with van der Waals surface area (Å²) in [4.78, 5) is 18.4. The summed E-state index contributed by atoms with van der Waals surface area (Å²) in [6.07, 6.45) is -1.43. The predicted octanol–water partition coefficient (Wildman–Crippen LogP) is 3.36. The summed E-state index contributed by atoms with van der Waals surface area (Å²) in [5.74, 6) is -0.740. The van der Waals surface area contributed by atoms with E-state index in [1.54, 1.807) is 6.07 Å². The van der Waals surface area contributed by atoms with E-state index in [0.29, 0.717) is 51.3 Å². The van der Waals surface area contributed by atoms with E-state index in [9.17, 15) is 26.4 Å². The summed E-state index contributed by atoms with van der Waals surface area (Å²) in [6.45, 7) is 2.90. The fourth-order valence-corrected chi connectivity index (χ4v) is 5.54. The van der Waals surface area contributed by atoms with Crippen LogP contribution in [0.2, 0.25) is 0 Å². The smallest absolute Gasteiger partial charge is 0.378 e. The Morgan fingerprint density at radius 1 is 1.00 bits per heavy atom. The van der Waals surface area contributed by atoms with Crippen LogP contribution in [0.5, 0.6) is 0 Å². The number of carbonyl (C=O) groups is 1. The van der Waals surface area contributed by atoms with Gasteiger partial charge in [0.2, 0.25) is 10.0 Å². The van der Waals surface area contributed by atoms with Crippen molar-refractivity contribution in [1.29, 1.82) is 0 Å². The molecule has 184 valence electrons. The minimum Gasteiger partial charge on any atom is -0.378 e. The van der Waals surface area contributed by atoms with E-state index in [1.165, 1.54) is 16.4 Å². The van der Waals surface area contributed by atoms with E-state index in [2.05, 4.69) is 10.3 Å². The number of hydrogen-bond acceptors (Lipinski definition) is 6. The number of pyridine rings is 1. The molecule has 34 heavy (non-hydrogen) atoms. The van der Waals surface area contributed by atoms with Crippen LogP contribution in [-0.2, 0) is 20.9 Å². The fourth-order valence-electron chi connectivity index (χ4n) is 3.99. The normalized spacial score (nSPS) is 18.0. The Bertz CT molecular complexity index is 1130. The first-order valence-corrected chi connectivity index (χ1v) is 12.4. The van der Waals surface area contributed by atoms with Gasteiger partial charge in [0, 0.05) is 32.4 Å². The lowest BCUT2D eigenvalue weighted by molar-refractivity contribution is -0.137. The van der Waals surface area contributed by atoms with Gasteiger partial charge in [0.05, 0.1) is 35.0 Å². The SMILES string of the molecule is O=C(Nc1cc(S(=O)(=O)N2CCCCC2)ccc1N1CCOCC1)c1ccc(C(F)(F)F)cn1. The van der Waals surface area contributed by atoms with Crippen molar-refractivity contribution in [3.63, 3.8) is 0 Å². The highest BCUT2D eigenvalue weighted by Crippen LogP contribution is 2.32. The maximum atomic E-state index is 13.2. The molecule has 2 aromatic rings. The van der Waals surface area contributed by atoms with Crippen LogP contribution in [0, 0.1) is 0 Å². The minimum absolute atomic E-state index is 0.0436. The molecule has 8 nitrogen and oxygen atoms in total. The molecule has 1 aromatic heterocycles. The zero-order valence-corrected chi connectivity index (χ0v) is 19.2. The van der Waals surface area contributed by atoms with Crippen LogP contribution in [0.3, 0.4) is 0 Å². The van der Waals surface area contributed by atoms with Gasteiger partial charge in [-0.2, -0.15) is 17.5 Å². The second-order valence-corrected chi connectivity index (χ2v) is 10.1. The quantitative estimate of drug-likeness (QED) is 0.680. The molecule has 0 aliphatic carbocycles. The lowest BCUT2D eigenvalue weighted by Crippen LogP contribution is -2.37. The minimum atomic E-state index is -4.57. The van der Waals surface area contributed by atoms with Crippen molar-refractivity contribution in [2.24, 2.45) is 0 Å². The van der Waals surface area contributed by atoms with Gasteiger partial charge >= 0.3 is 6.18 Å². The lowest BCUT2D eigenvalue weighted by atomic mass is 10.2. The van der Waals surface area contributed by atoms with E-state index in [0.717, 1.165) is 31.4 Å². The number of halogens is 3. The molecule has 0 atom stereocenters. The second kappa shape index (κ2) is 9.88. The Morgan fingerprint density at radius 2 is 1.71 bits per heavy atom. The molecule has 2 saturated heterocycles. The summed E-state index contributed by atoms with van der Waals surface area (Å²) < 4.78 is 71.6. The van der Waals surface area contributed by atoms with Crippen LogP contribution in [0.25, 0.3) is 0 Å². The zero-order valence-electron chi connectivity index (χ0n) is 18.3. The van der Waals surface area contributed by atoms with Crippen molar-refractivity contribution in [2.75, 3.05) is 49.6 Å². The topological polar surface area (TPSA) is 91.8 Å². The number of aromatic nitrogens is 1. The second-order valence-electron chi connectivity index (χ2n) is 8.13. The number of anilines is 2. The molecule has 0 unspecified atom stereocenters. The predicted molar refractivity (Wildman–Crippen MR) is 119 cm³/mol. The van der Waals surface area contributed by atoms with E-state index in [1.807, 2.05) is 4.90 Å². The highest BCUT2D eigenvalue weighted by atomic mass is 32.2. The van der Waals surface area contributed by atoms with Crippen molar-refractivity contribution in [2.45, 2.75) is 30.3 Å². The van der Waals surface area contributed by atoms with Gasteiger partial charge in [0.15, 0.2) is 0 Å². The third-order valence-electron chi connectivity index (χ3n) is 5.84. The first-order chi connectivity index (χ1) is 16.2. The molecular weight excluding hydrogens is 473 g/mol. The van der Waals surface area contributed by atoms with Crippen LogP contribution in [0.1, 0.15) is 35.3 Å². The molecule has 2 aliphatic rings. The number of nitrogens with zero attached hydrogens (tertiary/aromatic N) is 3. The Labute approximate surface area is 195 Å². The van der Waals surface area contributed by atoms with Gasteiger partial charge in [-0.3, -0.25) is 9.78 Å². The number of rotatable bonds is 5. The molecule has 0 saturated carbocycles. The van der Waals surface area contributed by atoms with Gasteiger partial charge in [-0.15, -0.1) is 0 Å². The molecule has 4 rings (SSSR count). The van der Waals surface area contributed by atoms with Crippen LogP contribution in [-0.4, -0.2) is 63.0 Å². The number of piperidine rings is 1. The number of alkyl halides is 3. The molecule has 0 radical (unpaired) electrons. The average Bonchev–Trinajstić information content (AvgIpc) is 2.84. The third kappa shape index (κ3) is 5.34. The molecule has 0 bridgehead atoms. The number of benzene rings is 1. The average molecular weight is 499 g/mol. The maximum Gasteiger partial charge on any atom is 0.417 e. The van der Waals surface area contributed by atoms with Crippen molar-refractivity contribution < 1.29 is 31.1 Å². The summed E-state index contributed by atoms with van der Waals surface area (Å²) in [6, 6.07) is 6.32. The summed E-state index contributed by atoms with van der Waals surface area (Å²) in [5.41, 5.74) is -0.342. The molecular formula is C22H25F3N4O4S. The van der Waals surface area contributed by atoms with E-state index >= 15 is 0 Å². The van der Waals surface area contributed by atoms with Crippen molar-refractivity contribution >= 4 is 27.3 Å².